The lowest BCUT2D eigenvalue weighted by Crippen LogP contribution is -2.19. The molecule has 0 nitrogen and oxygen atoms in total. The summed E-state index contributed by atoms with van der Waals surface area (Å²) in [6, 6.07) is 31.2. The zero-order valence-corrected chi connectivity index (χ0v) is 14.5. The maximum Gasteiger partial charge on any atom is 0.0165 e. The summed E-state index contributed by atoms with van der Waals surface area (Å²) in [5.41, 5.74) is 6.04. The predicted molar refractivity (Wildman–Crippen MR) is 105 cm³/mol. The number of hydrogen-bond acceptors (Lipinski definition) is 0. The number of fused-ring (bicyclic) bond motifs is 3. The quantitative estimate of drug-likeness (QED) is 0.535. The summed E-state index contributed by atoms with van der Waals surface area (Å²) >= 11 is 0. The fourth-order valence-electron chi connectivity index (χ4n) is 5.49. The second-order valence-corrected chi connectivity index (χ2v) is 7.58. The van der Waals surface area contributed by atoms with E-state index in [1.165, 1.54) is 22.3 Å². The van der Waals surface area contributed by atoms with E-state index >= 15 is 0 Å². The van der Waals surface area contributed by atoms with Gasteiger partial charge in [-0.1, -0.05) is 104 Å². The summed E-state index contributed by atoms with van der Waals surface area (Å²) < 4.78 is 0. The normalized spacial score (nSPS) is 29.4. The second kappa shape index (κ2) is 5.20. The van der Waals surface area contributed by atoms with Crippen molar-refractivity contribution in [1.82, 2.24) is 0 Å². The van der Waals surface area contributed by atoms with E-state index in [0.717, 1.165) is 6.42 Å². The molecule has 0 amide bonds. The number of benzene rings is 3. The van der Waals surface area contributed by atoms with Gasteiger partial charge in [-0.15, -0.1) is 0 Å². The van der Waals surface area contributed by atoms with Crippen molar-refractivity contribution in [2.75, 3.05) is 0 Å². The fourth-order valence-corrected chi connectivity index (χ4v) is 5.49. The number of rotatable bonds is 2. The third kappa shape index (κ3) is 1.83. The first-order chi connectivity index (χ1) is 12.3. The van der Waals surface area contributed by atoms with Crippen molar-refractivity contribution >= 4 is 6.08 Å². The maximum atomic E-state index is 2.48. The molecule has 2 aliphatic carbocycles. The van der Waals surface area contributed by atoms with Gasteiger partial charge in [0.15, 0.2) is 0 Å². The molecule has 1 fully saturated rings. The molecule has 0 aromatic heterocycles. The third-order valence-corrected chi connectivity index (χ3v) is 6.59. The summed E-state index contributed by atoms with van der Waals surface area (Å²) in [6.07, 6.45) is 5.79. The highest BCUT2D eigenvalue weighted by atomic mass is 14.8. The Hall–Kier alpha value is -2.60. The average molecular weight is 322 g/mol. The molecular weight excluding hydrogens is 300 g/mol. The summed E-state index contributed by atoms with van der Waals surface area (Å²) in [4.78, 5) is 0. The molecule has 25 heavy (non-hydrogen) atoms. The van der Waals surface area contributed by atoms with Gasteiger partial charge in [-0.25, -0.2) is 0 Å². The van der Waals surface area contributed by atoms with Crippen molar-refractivity contribution in [2.24, 2.45) is 0 Å². The highest BCUT2D eigenvalue weighted by Gasteiger charge is 2.74. The molecule has 122 valence electrons. The van der Waals surface area contributed by atoms with Crippen LogP contribution in [0.3, 0.4) is 0 Å². The van der Waals surface area contributed by atoms with Crippen LogP contribution in [0.2, 0.25) is 0 Å². The number of hydrogen-bond donors (Lipinski definition) is 0. The predicted octanol–water partition coefficient (Wildman–Crippen LogP) is 6.10. The van der Waals surface area contributed by atoms with Gasteiger partial charge >= 0.3 is 0 Å². The lowest BCUT2D eigenvalue weighted by atomic mass is 9.81. The van der Waals surface area contributed by atoms with Gasteiger partial charge in [0.05, 0.1) is 0 Å². The van der Waals surface area contributed by atoms with Gasteiger partial charge in [-0.3, -0.25) is 0 Å². The topological polar surface area (TPSA) is 0 Å². The van der Waals surface area contributed by atoms with Crippen LogP contribution in [0.25, 0.3) is 6.08 Å². The lowest BCUT2D eigenvalue weighted by molar-refractivity contribution is 0.580. The first-order valence-corrected chi connectivity index (χ1v) is 9.15. The van der Waals surface area contributed by atoms with Crippen molar-refractivity contribution in [2.45, 2.75) is 30.1 Å². The van der Waals surface area contributed by atoms with Crippen molar-refractivity contribution in [1.29, 1.82) is 0 Å². The van der Waals surface area contributed by atoms with E-state index in [2.05, 4.69) is 104 Å². The van der Waals surface area contributed by atoms with Gasteiger partial charge in [0.1, 0.15) is 0 Å². The SMILES string of the molecule is C[C@]12c3ccccc3C=CC[C@@]1(c1ccccc1)[C@H]2c1ccccc1. The monoisotopic (exact) mass is 322 g/mol. The van der Waals surface area contributed by atoms with Gasteiger partial charge < -0.3 is 0 Å². The van der Waals surface area contributed by atoms with Gasteiger partial charge in [0, 0.05) is 16.7 Å². The minimum Gasteiger partial charge on any atom is -0.0830 e. The molecule has 0 heterocycles. The summed E-state index contributed by atoms with van der Waals surface area (Å²) in [7, 11) is 0. The third-order valence-electron chi connectivity index (χ3n) is 6.59. The molecule has 0 radical (unpaired) electrons. The molecule has 0 unspecified atom stereocenters. The summed E-state index contributed by atoms with van der Waals surface area (Å²) in [5.74, 6) is 0.509. The maximum absolute atomic E-state index is 2.48. The van der Waals surface area contributed by atoms with E-state index in [9.17, 15) is 0 Å². The van der Waals surface area contributed by atoms with Crippen LogP contribution in [-0.2, 0) is 10.8 Å². The van der Waals surface area contributed by atoms with E-state index in [1.807, 2.05) is 0 Å². The van der Waals surface area contributed by atoms with E-state index in [0.29, 0.717) is 5.92 Å². The van der Waals surface area contributed by atoms with Crippen molar-refractivity contribution < 1.29 is 0 Å². The molecule has 3 aromatic carbocycles. The Kier molecular flexibility index (Phi) is 3.06. The number of allylic oxidation sites excluding steroid dienone is 1. The molecule has 0 saturated heterocycles. The first kappa shape index (κ1) is 14.7. The fraction of sp³-hybridized carbons (Fsp3) is 0.200. The van der Waals surface area contributed by atoms with Crippen LogP contribution in [0.4, 0.5) is 0 Å². The Morgan fingerprint density at radius 3 is 2.16 bits per heavy atom. The molecule has 3 aromatic rings. The van der Waals surface area contributed by atoms with Crippen LogP contribution >= 0.6 is 0 Å². The van der Waals surface area contributed by atoms with Crippen LogP contribution in [0, 0.1) is 0 Å². The minimum absolute atomic E-state index is 0.121. The average Bonchev–Trinajstić information content (AvgIpc) is 3.26. The minimum atomic E-state index is 0.121. The highest BCUT2D eigenvalue weighted by Crippen LogP contribution is 2.77. The zero-order chi connectivity index (χ0) is 16.9. The molecule has 1 saturated carbocycles. The largest absolute Gasteiger partial charge is 0.0830 e. The van der Waals surface area contributed by atoms with Gasteiger partial charge in [-0.05, 0) is 28.7 Å². The molecule has 0 bridgehead atoms. The van der Waals surface area contributed by atoms with Crippen molar-refractivity contribution in [3.05, 3.63) is 113 Å². The summed E-state index contributed by atoms with van der Waals surface area (Å²) in [5, 5.41) is 0. The van der Waals surface area contributed by atoms with Crippen LogP contribution in [0.1, 0.15) is 41.5 Å². The van der Waals surface area contributed by atoms with Gasteiger partial charge in [0.25, 0.3) is 0 Å². The standard InChI is InChI=1S/C25H22/c1-24-22-17-9-8-11-19(22)14-10-18-25(24,21-15-6-3-7-16-21)23(24)20-12-4-2-5-13-20/h2-17,23H,18H2,1H3/t23-,24+,25+/m0/s1. The highest BCUT2D eigenvalue weighted by molar-refractivity contribution is 5.68. The van der Waals surface area contributed by atoms with E-state index < -0.39 is 0 Å². The molecule has 0 aliphatic heterocycles. The van der Waals surface area contributed by atoms with E-state index in [-0.39, 0.29) is 10.8 Å². The second-order valence-electron chi connectivity index (χ2n) is 7.58. The molecular formula is C25H22. The zero-order valence-electron chi connectivity index (χ0n) is 14.5. The Morgan fingerprint density at radius 1 is 0.760 bits per heavy atom. The van der Waals surface area contributed by atoms with Crippen LogP contribution in [-0.4, -0.2) is 0 Å². The van der Waals surface area contributed by atoms with E-state index in [4.69, 9.17) is 0 Å². The van der Waals surface area contributed by atoms with Crippen molar-refractivity contribution in [3.8, 4) is 0 Å². The molecule has 0 spiro atoms. The molecule has 0 heteroatoms. The van der Waals surface area contributed by atoms with Crippen molar-refractivity contribution in [3.63, 3.8) is 0 Å². The van der Waals surface area contributed by atoms with Crippen LogP contribution < -0.4 is 0 Å². The first-order valence-electron chi connectivity index (χ1n) is 9.15. The smallest absolute Gasteiger partial charge is 0.0165 e. The Bertz CT molecular complexity index is 938. The summed E-state index contributed by atoms with van der Waals surface area (Å²) in [6.45, 7) is 2.48. The van der Waals surface area contributed by atoms with Gasteiger partial charge in [-0.2, -0.15) is 0 Å². The van der Waals surface area contributed by atoms with Crippen LogP contribution in [0.15, 0.2) is 91.0 Å². The molecule has 3 atom stereocenters. The van der Waals surface area contributed by atoms with Gasteiger partial charge in [0.2, 0.25) is 0 Å². The molecule has 2 aliphatic rings. The van der Waals surface area contributed by atoms with Crippen LogP contribution in [0.5, 0.6) is 0 Å². The Labute approximate surface area is 149 Å². The molecule has 0 N–H and O–H groups in total. The molecule has 5 rings (SSSR count). The lowest BCUT2D eigenvalue weighted by Gasteiger charge is -2.22. The Balaban J connectivity index is 1.79. The Morgan fingerprint density at radius 2 is 1.40 bits per heavy atom. The van der Waals surface area contributed by atoms with E-state index in [1.54, 1.807) is 0 Å².